The van der Waals surface area contributed by atoms with E-state index < -0.39 is 0 Å². The fraction of sp³-hybridized carbons (Fsp3) is 0.250. The quantitative estimate of drug-likeness (QED) is 0.373. The molecule has 34 heavy (non-hydrogen) atoms. The van der Waals surface area contributed by atoms with E-state index in [-0.39, 0.29) is 46.3 Å². The molecule has 0 amide bonds. The monoisotopic (exact) mass is 515 g/mol. The van der Waals surface area contributed by atoms with Gasteiger partial charge >= 0.3 is 0 Å². The van der Waals surface area contributed by atoms with Gasteiger partial charge in [-0.05, 0) is 42.3 Å². The van der Waals surface area contributed by atoms with Crippen molar-refractivity contribution in [1.82, 2.24) is 9.13 Å². The molecule has 0 spiro atoms. The van der Waals surface area contributed by atoms with Crippen LogP contribution < -0.4 is 21.5 Å². The van der Waals surface area contributed by atoms with Crippen LogP contribution in [0.1, 0.15) is 43.6 Å². The average molecular weight is 516 g/mol. The van der Waals surface area contributed by atoms with Gasteiger partial charge in [-0.15, -0.1) is 0 Å². The molecule has 2 aliphatic rings. The Morgan fingerprint density at radius 3 is 1.91 bits per heavy atom. The van der Waals surface area contributed by atoms with Gasteiger partial charge < -0.3 is 26.1 Å². The zero-order chi connectivity index (χ0) is 22.5. The predicted molar refractivity (Wildman–Crippen MR) is 124 cm³/mol. The second kappa shape index (κ2) is 8.84. The number of pyridine rings is 1. The zero-order valence-electron chi connectivity index (χ0n) is 19.0. The van der Waals surface area contributed by atoms with E-state index in [4.69, 9.17) is 0 Å². The summed E-state index contributed by atoms with van der Waals surface area (Å²) < 4.78 is 6.21. The number of carbonyl (C=O) groups is 2. The van der Waals surface area contributed by atoms with Crippen molar-refractivity contribution in [3.63, 3.8) is 0 Å². The fourth-order valence-corrected chi connectivity index (χ4v) is 5.64. The molecule has 2 aliphatic heterocycles. The summed E-state index contributed by atoms with van der Waals surface area (Å²) in [5.41, 5.74) is 5.11. The third-order valence-electron chi connectivity index (χ3n) is 7.41. The highest BCUT2D eigenvalue weighted by atomic mass is 79.9. The van der Waals surface area contributed by atoms with Crippen molar-refractivity contribution in [2.45, 2.75) is 32.5 Å². The third-order valence-corrected chi connectivity index (χ3v) is 7.41. The molecule has 0 bridgehead atoms. The Morgan fingerprint density at radius 2 is 1.38 bits per heavy atom. The van der Waals surface area contributed by atoms with E-state index in [2.05, 4.69) is 60.3 Å². The molecule has 3 aromatic heterocycles. The smallest absolute Gasteiger partial charge is 0.184 e. The van der Waals surface area contributed by atoms with Gasteiger partial charge in [-0.1, -0.05) is 24.3 Å². The Bertz CT molecular complexity index is 1310. The molecule has 6 rings (SSSR count). The summed E-state index contributed by atoms with van der Waals surface area (Å²) in [5, 5.41) is 0. The molecule has 4 aromatic rings. The molecule has 0 N–H and O–H groups in total. The number of Topliss-reactive ketones (excluding diaryl/α,β-unsaturated/α-hetero) is 2. The minimum atomic E-state index is -0.230. The van der Waals surface area contributed by atoms with E-state index in [1.165, 1.54) is 11.1 Å². The SMILES string of the molecule is Cc1ccccc1C[n+]1ccc(C(C2Cn3cccc3C2=O)C2Cn3cccc3C2=O)cc1.[Br-]. The third kappa shape index (κ3) is 3.66. The van der Waals surface area contributed by atoms with Crippen molar-refractivity contribution in [2.75, 3.05) is 0 Å². The fourth-order valence-electron chi connectivity index (χ4n) is 5.64. The summed E-state index contributed by atoms with van der Waals surface area (Å²) in [7, 11) is 0. The van der Waals surface area contributed by atoms with Gasteiger partial charge in [0, 0.05) is 60.9 Å². The van der Waals surface area contributed by atoms with Crippen molar-refractivity contribution >= 4 is 11.6 Å². The molecule has 5 heterocycles. The van der Waals surface area contributed by atoms with Gasteiger partial charge in [0.05, 0.1) is 11.4 Å². The van der Waals surface area contributed by atoms with Crippen molar-refractivity contribution in [3.8, 4) is 0 Å². The Morgan fingerprint density at radius 1 is 0.824 bits per heavy atom. The summed E-state index contributed by atoms with van der Waals surface area (Å²) in [6.07, 6.45) is 8.08. The van der Waals surface area contributed by atoms with E-state index in [0.29, 0.717) is 13.1 Å². The lowest BCUT2D eigenvalue weighted by Gasteiger charge is -2.27. The van der Waals surface area contributed by atoms with Crippen LogP contribution in [0.3, 0.4) is 0 Å². The van der Waals surface area contributed by atoms with Gasteiger partial charge in [-0.2, -0.15) is 0 Å². The largest absolute Gasteiger partial charge is 1.00 e. The van der Waals surface area contributed by atoms with Gasteiger partial charge in [0.25, 0.3) is 0 Å². The van der Waals surface area contributed by atoms with Crippen molar-refractivity contribution in [1.29, 1.82) is 0 Å². The molecule has 0 radical (unpaired) electrons. The van der Waals surface area contributed by atoms with Crippen LogP contribution in [0, 0.1) is 18.8 Å². The van der Waals surface area contributed by atoms with Crippen LogP contribution in [0.25, 0.3) is 0 Å². The Hall–Kier alpha value is -3.25. The minimum Gasteiger partial charge on any atom is -1.00 e. The molecule has 2 atom stereocenters. The van der Waals surface area contributed by atoms with Gasteiger partial charge in [-0.25, -0.2) is 4.57 Å². The van der Waals surface area contributed by atoms with Crippen LogP contribution in [0.2, 0.25) is 0 Å². The minimum absolute atomic E-state index is 0. The maximum absolute atomic E-state index is 13.3. The Kier molecular flexibility index (Phi) is 5.86. The van der Waals surface area contributed by atoms with E-state index in [1.807, 2.05) is 45.8 Å². The number of rotatable bonds is 5. The highest BCUT2D eigenvalue weighted by Gasteiger charge is 2.46. The van der Waals surface area contributed by atoms with E-state index >= 15 is 0 Å². The van der Waals surface area contributed by atoms with Crippen LogP contribution >= 0.6 is 0 Å². The summed E-state index contributed by atoms with van der Waals surface area (Å²) in [5.74, 6) is -0.325. The second-order valence-corrected chi connectivity index (χ2v) is 9.29. The summed E-state index contributed by atoms with van der Waals surface area (Å²) in [6.45, 7) is 4.17. The number of nitrogens with zero attached hydrogens (tertiary/aromatic N) is 3. The van der Waals surface area contributed by atoms with Gasteiger partial charge in [0.2, 0.25) is 0 Å². The maximum atomic E-state index is 13.3. The Labute approximate surface area is 209 Å². The van der Waals surface area contributed by atoms with Crippen LogP contribution in [-0.2, 0) is 19.6 Å². The highest BCUT2D eigenvalue weighted by Crippen LogP contribution is 2.42. The van der Waals surface area contributed by atoms with Gasteiger partial charge in [-0.3, -0.25) is 9.59 Å². The maximum Gasteiger partial charge on any atom is 0.184 e. The molecule has 0 fully saturated rings. The van der Waals surface area contributed by atoms with Crippen molar-refractivity contribution in [2.24, 2.45) is 11.8 Å². The Balaban J connectivity index is 0.00000241. The first-order valence-corrected chi connectivity index (χ1v) is 11.5. The molecule has 0 aliphatic carbocycles. The lowest BCUT2D eigenvalue weighted by molar-refractivity contribution is -0.688. The van der Waals surface area contributed by atoms with E-state index in [1.54, 1.807) is 0 Å². The normalized spacial score (nSPS) is 19.6. The topological polar surface area (TPSA) is 47.9 Å². The second-order valence-electron chi connectivity index (χ2n) is 9.29. The number of hydrogen-bond acceptors (Lipinski definition) is 2. The molecule has 0 saturated carbocycles. The standard InChI is InChI=1S/C28H26N3O2.BrH/c1-19-6-2-3-7-21(19)16-29-14-10-20(11-15-29)26(22-17-30-12-4-8-24(30)27(22)32)23-18-31-13-5-9-25(31)28(23)33;/h2-15,22-23,26H,16-18H2,1H3;1H/q+1;/p-1. The molecule has 172 valence electrons. The number of benzene rings is 1. The predicted octanol–water partition coefficient (Wildman–Crippen LogP) is 1.05. The first-order valence-electron chi connectivity index (χ1n) is 11.5. The van der Waals surface area contributed by atoms with Crippen molar-refractivity contribution in [3.05, 3.63) is 114 Å². The number of aryl methyl sites for hydroxylation is 1. The lowest BCUT2D eigenvalue weighted by Crippen LogP contribution is -3.00. The van der Waals surface area contributed by atoms with Crippen LogP contribution in [0.4, 0.5) is 0 Å². The number of aromatic nitrogens is 3. The average Bonchev–Trinajstić information content (AvgIpc) is 3.58. The molecule has 2 unspecified atom stereocenters. The van der Waals surface area contributed by atoms with Gasteiger partial charge in [0.15, 0.2) is 30.5 Å². The first kappa shape index (κ1) is 22.5. The molecule has 0 saturated heterocycles. The lowest BCUT2D eigenvalue weighted by atomic mass is 9.74. The number of ketones is 2. The number of hydrogen-bond donors (Lipinski definition) is 0. The summed E-state index contributed by atoms with van der Waals surface area (Å²) in [6, 6.07) is 20.2. The number of fused-ring (bicyclic) bond motifs is 2. The molecular formula is C28H26BrN3O2. The zero-order valence-corrected chi connectivity index (χ0v) is 20.6. The van der Waals surface area contributed by atoms with Crippen LogP contribution in [-0.4, -0.2) is 20.7 Å². The molecule has 6 heteroatoms. The first-order chi connectivity index (χ1) is 16.1. The van der Waals surface area contributed by atoms with Crippen LogP contribution in [0.5, 0.6) is 0 Å². The van der Waals surface area contributed by atoms with Crippen LogP contribution in [0.15, 0.2) is 85.5 Å². The van der Waals surface area contributed by atoms with E-state index in [9.17, 15) is 9.59 Å². The summed E-state index contributed by atoms with van der Waals surface area (Å²) in [4.78, 5) is 26.7. The molecule has 1 aromatic carbocycles. The highest BCUT2D eigenvalue weighted by molar-refractivity contribution is 6.02. The summed E-state index contributed by atoms with van der Waals surface area (Å²) >= 11 is 0. The van der Waals surface area contributed by atoms with Gasteiger partial charge in [0.1, 0.15) is 0 Å². The molecular weight excluding hydrogens is 490 g/mol. The number of carbonyl (C=O) groups excluding carboxylic acids is 2. The molecule has 5 nitrogen and oxygen atoms in total. The van der Waals surface area contributed by atoms with Crippen molar-refractivity contribution < 1.29 is 31.1 Å². The number of halogens is 1. The van der Waals surface area contributed by atoms with E-state index in [0.717, 1.165) is 23.5 Å².